The van der Waals surface area contributed by atoms with Crippen LogP contribution in [0.15, 0.2) is 51.4 Å². The van der Waals surface area contributed by atoms with E-state index in [0.29, 0.717) is 11.3 Å². The minimum atomic E-state index is -0.285. The summed E-state index contributed by atoms with van der Waals surface area (Å²) in [5.74, 6) is 6.07. The Labute approximate surface area is 130 Å². The minimum Gasteiger partial charge on any atom is -0.459 e. The van der Waals surface area contributed by atoms with Crippen LogP contribution in [-0.2, 0) is 0 Å². The van der Waals surface area contributed by atoms with Crippen LogP contribution in [0.2, 0.25) is 0 Å². The molecule has 0 spiro atoms. The summed E-state index contributed by atoms with van der Waals surface area (Å²) in [6.45, 7) is 2.01. The third-order valence-electron chi connectivity index (χ3n) is 3.49. The van der Waals surface area contributed by atoms with Crippen molar-refractivity contribution in [1.82, 2.24) is 5.43 Å². The molecule has 0 amide bonds. The molecule has 21 heavy (non-hydrogen) atoms. The van der Waals surface area contributed by atoms with E-state index in [1.54, 1.807) is 6.07 Å². The lowest BCUT2D eigenvalue weighted by molar-refractivity contribution is 0.476. The zero-order chi connectivity index (χ0) is 15.0. The van der Waals surface area contributed by atoms with E-state index in [1.807, 2.05) is 31.2 Å². The molecule has 0 aliphatic rings. The van der Waals surface area contributed by atoms with Gasteiger partial charge in [-0.15, -0.1) is 0 Å². The first-order valence-corrected chi connectivity index (χ1v) is 7.29. The van der Waals surface area contributed by atoms with E-state index < -0.39 is 0 Å². The normalized spacial score (nSPS) is 12.8. The SMILES string of the molecule is Cc1cc(Br)ccc1C(NN)c1cc2cc(F)ccc2o1. The third kappa shape index (κ3) is 2.72. The van der Waals surface area contributed by atoms with Crippen LogP contribution in [0.4, 0.5) is 4.39 Å². The van der Waals surface area contributed by atoms with Crippen LogP contribution in [-0.4, -0.2) is 0 Å². The molecule has 0 radical (unpaired) electrons. The molecule has 5 heteroatoms. The fraction of sp³-hybridized carbons (Fsp3) is 0.125. The fourth-order valence-electron chi connectivity index (χ4n) is 2.47. The smallest absolute Gasteiger partial charge is 0.134 e. The Bertz CT molecular complexity index is 800. The predicted octanol–water partition coefficient (Wildman–Crippen LogP) is 4.20. The molecule has 3 rings (SSSR count). The van der Waals surface area contributed by atoms with Crippen molar-refractivity contribution >= 4 is 26.9 Å². The molecule has 0 bridgehead atoms. The Kier molecular flexibility index (Phi) is 3.80. The molecular weight excluding hydrogens is 335 g/mol. The van der Waals surface area contributed by atoms with Crippen LogP contribution in [0.5, 0.6) is 0 Å². The number of benzene rings is 2. The number of rotatable bonds is 3. The fourth-order valence-corrected chi connectivity index (χ4v) is 2.94. The molecule has 0 aliphatic heterocycles. The first kappa shape index (κ1) is 14.3. The molecule has 2 aromatic carbocycles. The molecule has 1 unspecified atom stereocenters. The lowest BCUT2D eigenvalue weighted by Crippen LogP contribution is -2.29. The largest absolute Gasteiger partial charge is 0.459 e. The van der Waals surface area contributed by atoms with E-state index in [1.165, 1.54) is 12.1 Å². The van der Waals surface area contributed by atoms with Crippen LogP contribution in [0.3, 0.4) is 0 Å². The van der Waals surface area contributed by atoms with E-state index in [9.17, 15) is 4.39 Å². The van der Waals surface area contributed by atoms with Crippen molar-refractivity contribution in [3.63, 3.8) is 0 Å². The van der Waals surface area contributed by atoms with Gasteiger partial charge in [0, 0.05) is 9.86 Å². The number of nitrogens with one attached hydrogen (secondary N) is 1. The Morgan fingerprint density at radius 1 is 1.19 bits per heavy atom. The summed E-state index contributed by atoms with van der Waals surface area (Å²) in [4.78, 5) is 0. The number of furan rings is 1. The Balaban J connectivity index is 2.09. The van der Waals surface area contributed by atoms with Gasteiger partial charge in [0.15, 0.2) is 0 Å². The van der Waals surface area contributed by atoms with Crippen LogP contribution in [0, 0.1) is 12.7 Å². The van der Waals surface area contributed by atoms with Gasteiger partial charge in [-0.05, 0) is 54.4 Å². The van der Waals surface area contributed by atoms with E-state index in [4.69, 9.17) is 10.3 Å². The highest BCUT2D eigenvalue weighted by molar-refractivity contribution is 9.10. The average Bonchev–Trinajstić information content (AvgIpc) is 2.84. The molecule has 0 aliphatic carbocycles. The third-order valence-corrected chi connectivity index (χ3v) is 3.98. The number of nitrogens with two attached hydrogens (primary N) is 1. The second kappa shape index (κ2) is 5.60. The van der Waals surface area contributed by atoms with Crippen molar-refractivity contribution in [3.05, 3.63) is 69.6 Å². The van der Waals surface area contributed by atoms with Crippen molar-refractivity contribution in [3.8, 4) is 0 Å². The number of hydrogen-bond acceptors (Lipinski definition) is 3. The van der Waals surface area contributed by atoms with E-state index >= 15 is 0 Å². The Hall–Kier alpha value is -1.69. The first-order chi connectivity index (χ1) is 10.1. The standard InChI is InChI=1S/C16H14BrFN2O/c1-9-6-11(17)2-4-13(9)16(20-19)15-8-10-7-12(18)3-5-14(10)21-15/h2-8,16,20H,19H2,1H3. The van der Waals surface area contributed by atoms with Gasteiger partial charge in [-0.25, -0.2) is 9.82 Å². The van der Waals surface area contributed by atoms with Gasteiger partial charge in [0.2, 0.25) is 0 Å². The van der Waals surface area contributed by atoms with Crippen LogP contribution < -0.4 is 11.3 Å². The minimum absolute atomic E-state index is 0.284. The maximum atomic E-state index is 13.3. The summed E-state index contributed by atoms with van der Waals surface area (Å²) in [5.41, 5.74) is 5.50. The van der Waals surface area contributed by atoms with Crippen molar-refractivity contribution in [2.45, 2.75) is 13.0 Å². The van der Waals surface area contributed by atoms with Gasteiger partial charge in [-0.2, -0.15) is 0 Å². The molecule has 1 aromatic heterocycles. The number of halogens is 2. The van der Waals surface area contributed by atoms with Crippen molar-refractivity contribution in [2.24, 2.45) is 5.84 Å². The highest BCUT2D eigenvalue weighted by atomic mass is 79.9. The highest BCUT2D eigenvalue weighted by Gasteiger charge is 2.19. The quantitative estimate of drug-likeness (QED) is 0.551. The molecule has 3 N–H and O–H groups in total. The molecule has 1 atom stereocenters. The summed E-state index contributed by atoms with van der Waals surface area (Å²) in [6.07, 6.45) is 0. The van der Waals surface area contributed by atoms with Gasteiger partial charge in [0.05, 0.1) is 0 Å². The number of fused-ring (bicyclic) bond motifs is 1. The molecule has 3 aromatic rings. The highest BCUT2D eigenvalue weighted by Crippen LogP contribution is 2.30. The van der Waals surface area contributed by atoms with Gasteiger partial charge in [0.25, 0.3) is 0 Å². The van der Waals surface area contributed by atoms with E-state index in [2.05, 4.69) is 21.4 Å². The lowest BCUT2D eigenvalue weighted by atomic mass is 10.00. The Morgan fingerprint density at radius 3 is 2.71 bits per heavy atom. The summed E-state index contributed by atoms with van der Waals surface area (Å²) < 4.78 is 20.1. The summed E-state index contributed by atoms with van der Waals surface area (Å²) in [7, 11) is 0. The van der Waals surface area contributed by atoms with Crippen molar-refractivity contribution < 1.29 is 8.81 Å². The summed E-state index contributed by atoms with van der Waals surface area (Å²) in [5, 5.41) is 0.722. The topological polar surface area (TPSA) is 51.2 Å². The van der Waals surface area contributed by atoms with Crippen LogP contribution in [0.25, 0.3) is 11.0 Å². The summed E-state index contributed by atoms with van der Waals surface area (Å²) in [6, 6.07) is 11.9. The van der Waals surface area contributed by atoms with E-state index in [0.717, 1.165) is 21.0 Å². The molecule has 3 nitrogen and oxygen atoms in total. The van der Waals surface area contributed by atoms with Crippen molar-refractivity contribution in [2.75, 3.05) is 0 Å². The first-order valence-electron chi connectivity index (χ1n) is 6.49. The maximum Gasteiger partial charge on any atom is 0.134 e. The van der Waals surface area contributed by atoms with Crippen LogP contribution in [0.1, 0.15) is 22.9 Å². The average molecular weight is 349 g/mol. The maximum absolute atomic E-state index is 13.3. The zero-order valence-electron chi connectivity index (χ0n) is 11.4. The van der Waals surface area contributed by atoms with Gasteiger partial charge in [-0.1, -0.05) is 22.0 Å². The van der Waals surface area contributed by atoms with Crippen molar-refractivity contribution in [1.29, 1.82) is 0 Å². The molecular formula is C16H14BrFN2O. The van der Waals surface area contributed by atoms with Gasteiger partial charge in [-0.3, -0.25) is 5.84 Å². The predicted molar refractivity (Wildman–Crippen MR) is 84.2 cm³/mol. The van der Waals surface area contributed by atoms with Gasteiger partial charge in [0.1, 0.15) is 23.2 Å². The summed E-state index contributed by atoms with van der Waals surface area (Å²) >= 11 is 3.44. The number of aryl methyl sites for hydroxylation is 1. The monoisotopic (exact) mass is 348 g/mol. The van der Waals surface area contributed by atoms with Crippen LogP contribution >= 0.6 is 15.9 Å². The van der Waals surface area contributed by atoms with E-state index in [-0.39, 0.29) is 11.9 Å². The Morgan fingerprint density at radius 2 is 2.00 bits per heavy atom. The second-order valence-electron chi connectivity index (χ2n) is 4.93. The lowest BCUT2D eigenvalue weighted by Gasteiger charge is -2.16. The van der Waals surface area contributed by atoms with Gasteiger partial charge < -0.3 is 4.42 Å². The molecule has 0 saturated heterocycles. The van der Waals surface area contributed by atoms with Gasteiger partial charge >= 0.3 is 0 Å². The molecule has 0 fully saturated rings. The number of hydrazine groups is 1. The second-order valence-corrected chi connectivity index (χ2v) is 5.85. The molecule has 0 saturated carbocycles. The molecule has 108 valence electrons. The molecule has 1 heterocycles. The zero-order valence-corrected chi connectivity index (χ0v) is 12.9. The number of hydrogen-bond donors (Lipinski definition) is 2.